The number of aryl methyl sites for hydroxylation is 1. The summed E-state index contributed by atoms with van der Waals surface area (Å²) in [6, 6.07) is 2.10. The lowest BCUT2D eigenvalue weighted by atomic mass is 9.89. The van der Waals surface area contributed by atoms with Crippen LogP contribution < -0.4 is 5.73 Å². The fraction of sp³-hybridized carbons (Fsp3) is 0.733. The molecule has 1 fully saturated rings. The maximum absolute atomic E-state index is 5.74. The van der Waals surface area contributed by atoms with E-state index in [9.17, 15) is 0 Å². The minimum atomic E-state index is 0.571. The molecule has 1 aliphatic carbocycles. The van der Waals surface area contributed by atoms with Gasteiger partial charge in [-0.1, -0.05) is 19.3 Å². The van der Waals surface area contributed by atoms with E-state index in [0.29, 0.717) is 6.54 Å². The molecule has 0 aliphatic heterocycles. The van der Waals surface area contributed by atoms with E-state index in [4.69, 9.17) is 10.2 Å². The Morgan fingerprint density at radius 1 is 1.33 bits per heavy atom. The number of hydrogen-bond acceptors (Lipinski definition) is 3. The molecule has 1 aromatic rings. The lowest BCUT2D eigenvalue weighted by molar-refractivity contribution is 0.215. The first-order valence-electron chi connectivity index (χ1n) is 7.16. The largest absolute Gasteiger partial charge is 0.465 e. The molecule has 0 spiro atoms. The summed E-state index contributed by atoms with van der Waals surface area (Å²) in [7, 11) is 2.19. The highest BCUT2D eigenvalue weighted by atomic mass is 16.3. The molecule has 0 amide bonds. The number of furan rings is 1. The predicted octanol–water partition coefficient (Wildman–Crippen LogP) is 3.06. The zero-order valence-corrected chi connectivity index (χ0v) is 11.7. The van der Waals surface area contributed by atoms with Crippen LogP contribution in [0.2, 0.25) is 0 Å². The van der Waals surface area contributed by atoms with Crippen molar-refractivity contribution in [3.63, 3.8) is 0 Å². The zero-order valence-electron chi connectivity index (χ0n) is 11.7. The van der Waals surface area contributed by atoms with E-state index < -0.39 is 0 Å². The molecule has 1 aliphatic rings. The van der Waals surface area contributed by atoms with Crippen molar-refractivity contribution in [1.29, 1.82) is 0 Å². The van der Waals surface area contributed by atoms with E-state index in [-0.39, 0.29) is 0 Å². The van der Waals surface area contributed by atoms with Gasteiger partial charge in [0.1, 0.15) is 11.5 Å². The Morgan fingerprint density at radius 2 is 2.06 bits per heavy atom. The van der Waals surface area contributed by atoms with Crippen molar-refractivity contribution in [3.05, 3.63) is 23.2 Å². The van der Waals surface area contributed by atoms with Crippen LogP contribution in [-0.4, -0.2) is 18.5 Å². The van der Waals surface area contributed by atoms with Gasteiger partial charge in [0.05, 0.1) is 6.54 Å². The van der Waals surface area contributed by atoms with Crippen LogP contribution in [0.5, 0.6) is 0 Å². The van der Waals surface area contributed by atoms with E-state index in [1.54, 1.807) is 0 Å². The Bertz CT molecular complexity index is 367. The Labute approximate surface area is 110 Å². The molecule has 1 heterocycles. The number of rotatable bonds is 5. The quantitative estimate of drug-likeness (QED) is 0.873. The second kappa shape index (κ2) is 6.39. The topological polar surface area (TPSA) is 42.4 Å². The molecule has 1 saturated carbocycles. The normalized spacial score (nSPS) is 17.6. The van der Waals surface area contributed by atoms with Crippen LogP contribution >= 0.6 is 0 Å². The van der Waals surface area contributed by atoms with Crippen LogP contribution in [0.1, 0.15) is 49.2 Å². The van der Waals surface area contributed by atoms with Crippen molar-refractivity contribution >= 4 is 0 Å². The van der Waals surface area contributed by atoms with Gasteiger partial charge in [0, 0.05) is 18.7 Å². The maximum atomic E-state index is 5.74. The Balaban J connectivity index is 1.83. The highest BCUT2D eigenvalue weighted by molar-refractivity contribution is 5.20. The van der Waals surface area contributed by atoms with Gasteiger partial charge >= 0.3 is 0 Å². The third-order valence-electron chi connectivity index (χ3n) is 4.01. The molecule has 0 atom stereocenters. The summed E-state index contributed by atoms with van der Waals surface area (Å²) < 4.78 is 5.74. The third-order valence-corrected chi connectivity index (χ3v) is 4.01. The monoisotopic (exact) mass is 250 g/mol. The Morgan fingerprint density at radius 3 is 2.67 bits per heavy atom. The van der Waals surface area contributed by atoms with Gasteiger partial charge in [0.15, 0.2) is 0 Å². The van der Waals surface area contributed by atoms with Gasteiger partial charge in [-0.05, 0) is 38.8 Å². The summed E-state index contributed by atoms with van der Waals surface area (Å²) in [6.07, 6.45) is 7.05. The molecule has 3 nitrogen and oxygen atoms in total. The summed E-state index contributed by atoms with van der Waals surface area (Å²) >= 11 is 0. The molecule has 3 heteroatoms. The fourth-order valence-electron chi connectivity index (χ4n) is 3.01. The molecule has 2 rings (SSSR count). The van der Waals surface area contributed by atoms with Gasteiger partial charge in [-0.2, -0.15) is 0 Å². The van der Waals surface area contributed by atoms with Crippen molar-refractivity contribution in [1.82, 2.24) is 4.90 Å². The minimum Gasteiger partial charge on any atom is -0.465 e. The van der Waals surface area contributed by atoms with Crippen molar-refractivity contribution in [2.24, 2.45) is 11.7 Å². The molecule has 2 N–H and O–H groups in total. The van der Waals surface area contributed by atoms with Crippen LogP contribution in [0.15, 0.2) is 10.5 Å². The SMILES string of the molecule is Cc1oc(CN(C)CC2CCCCC2)cc1CN. The standard InChI is InChI=1S/C15H26N2O/c1-12-14(9-16)8-15(18-12)11-17(2)10-13-6-4-3-5-7-13/h8,13H,3-7,9-11,16H2,1-2H3. The second-order valence-electron chi connectivity index (χ2n) is 5.70. The average molecular weight is 250 g/mol. The second-order valence-corrected chi connectivity index (χ2v) is 5.70. The molecule has 0 unspecified atom stereocenters. The summed E-state index contributed by atoms with van der Waals surface area (Å²) in [4.78, 5) is 2.38. The first-order valence-corrected chi connectivity index (χ1v) is 7.16. The Kier molecular flexibility index (Phi) is 4.84. The van der Waals surface area contributed by atoms with E-state index in [0.717, 1.165) is 29.5 Å². The van der Waals surface area contributed by atoms with Crippen LogP contribution in [0, 0.1) is 12.8 Å². The molecular formula is C15H26N2O. The molecule has 0 saturated heterocycles. The van der Waals surface area contributed by atoms with Crippen LogP contribution in [-0.2, 0) is 13.1 Å². The van der Waals surface area contributed by atoms with E-state index in [1.165, 1.54) is 38.6 Å². The van der Waals surface area contributed by atoms with Gasteiger partial charge in [-0.3, -0.25) is 4.90 Å². The highest BCUT2D eigenvalue weighted by Gasteiger charge is 2.16. The molecule has 0 aromatic carbocycles. The van der Waals surface area contributed by atoms with Crippen LogP contribution in [0.25, 0.3) is 0 Å². The maximum Gasteiger partial charge on any atom is 0.118 e. The van der Waals surface area contributed by atoms with E-state index in [2.05, 4.69) is 18.0 Å². The summed E-state index contributed by atoms with van der Waals surface area (Å²) in [5.41, 5.74) is 6.81. The Hall–Kier alpha value is -0.800. The predicted molar refractivity (Wildman–Crippen MR) is 74.2 cm³/mol. The number of hydrogen-bond donors (Lipinski definition) is 1. The smallest absolute Gasteiger partial charge is 0.118 e. The van der Waals surface area contributed by atoms with E-state index >= 15 is 0 Å². The molecule has 18 heavy (non-hydrogen) atoms. The van der Waals surface area contributed by atoms with Gasteiger partial charge in [-0.25, -0.2) is 0 Å². The fourth-order valence-corrected chi connectivity index (χ4v) is 3.01. The lowest BCUT2D eigenvalue weighted by Gasteiger charge is -2.26. The number of nitrogens with two attached hydrogens (primary N) is 1. The summed E-state index contributed by atoms with van der Waals surface area (Å²) in [5.74, 6) is 2.90. The molecule has 0 radical (unpaired) electrons. The zero-order chi connectivity index (χ0) is 13.0. The van der Waals surface area contributed by atoms with Gasteiger partial charge in [-0.15, -0.1) is 0 Å². The molecule has 0 bridgehead atoms. The summed E-state index contributed by atoms with van der Waals surface area (Å²) in [6.45, 7) is 4.66. The van der Waals surface area contributed by atoms with Crippen molar-refractivity contribution in [2.45, 2.75) is 52.1 Å². The van der Waals surface area contributed by atoms with Gasteiger partial charge in [0.25, 0.3) is 0 Å². The molecule has 1 aromatic heterocycles. The van der Waals surface area contributed by atoms with Crippen LogP contribution in [0.4, 0.5) is 0 Å². The van der Waals surface area contributed by atoms with E-state index in [1.807, 2.05) is 6.92 Å². The van der Waals surface area contributed by atoms with Gasteiger partial charge in [0.2, 0.25) is 0 Å². The molecular weight excluding hydrogens is 224 g/mol. The summed E-state index contributed by atoms with van der Waals surface area (Å²) in [5, 5.41) is 0. The molecule has 102 valence electrons. The van der Waals surface area contributed by atoms with Crippen LogP contribution in [0.3, 0.4) is 0 Å². The average Bonchev–Trinajstić information content (AvgIpc) is 2.70. The van der Waals surface area contributed by atoms with Crippen molar-refractivity contribution < 1.29 is 4.42 Å². The number of nitrogens with zero attached hydrogens (tertiary/aromatic N) is 1. The van der Waals surface area contributed by atoms with Crippen molar-refractivity contribution in [2.75, 3.05) is 13.6 Å². The first-order chi connectivity index (χ1) is 8.69. The minimum absolute atomic E-state index is 0.571. The van der Waals surface area contributed by atoms with Crippen molar-refractivity contribution in [3.8, 4) is 0 Å². The lowest BCUT2D eigenvalue weighted by Crippen LogP contribution is -2.26. The highest BCUT2D eigenvalue weighted by Crippen LogP contribution is 2.24. The van der Waals surface area contributed by atoms with Gasteiger partial charge < -0.3 is 10.2 Å². The third kappa shape index (κ3) is 3.59. The first kappa shape index (κ1) is 13.6.